The van der Waals surface area contributed by atoms with Crippen molar-refractivity contribution in [2.24, 2.45) is 12.8 Å². The molecule has 13 heavy (non-hydrogen) atoms. The van der Waals surface area contributed by atoms with E-state index < -0.39 is 0 Å². The molecule has 0 aliphatic rings. The summed E-state index contributed by atoms with van der Waals surface area (Å²) >= 11 is 3.46. The van der Waals surface area contributed by atoms with E-state index >= 15 is 0 Å². The quantitative estimate of drug-likeness (QED) is 0.846. The van der Waals surface area contributed by atoms with Gasteiger partial charge < -0.3 is 5.73 Å². The molecule has 0 aromatic carbocycles. The van der Waals surface area contributed by atoms with Crippen molar-refractivity contribution >= 4 is 15.9 Å². The zero-order valence-corrected chi connectivity index (χ0v) is 9.58. The van der Waals surface area contributed by atoms with E-state index in [-0.39, 0.29) is 0 Å². The molecule has 1 aromatic rings. The van der Waals surface area contributed by atoms with E-state index in [0.717, 1.165) is 17.6 Å². The van der Waals surface area contributed by atoms with Gasteiger partial charge in [-0.25, -0.2) is 0 Å². The molecule has 5 heteroatoms. The number of nitrogens with two attached hydrogens (primary N) is 1. The highest BCUT2D eigenvalue weighted by Gasteiger charge is 2.07. The lowest BCUT2D eigenvalue weighted by Crippen LogP contribution is -2.26. The number of aromatic nitrogens is 2. The third-order valence-corrected chi connectivity index (χ3v) is 2.60. The van der Waals surface area contributed by atoms with Crippen molar-refractivity contribution < 1.29 is 0 Å². The summed E-state index contributed by atoms with van der Waals surface area (Å²) in [6, 6.07) is 0. The highest BCUT2D eigenvalue weighted by Crippen LogP contribution is 2.16. The van der Waals surface area contributed by atoms with Gasteiger partial charge in [-0.3, -0.25) is 9.58 Å². The average molecular weight is 247 g/mol. The molecule has 1 aromatic heterocycles. The lowest BCUT2D eigenvalue weighted by molar-refractivity contribution is 0.325. The van der Waals surface area contributed by atoms with Crippen molar-refractivity contribution in [3.05, 3.63) is 16.4 Å². The summed E-state index contributed by atoms with van der Waals surface area (Å²) in [6.45, 7) is 2.46. The van der Waals surface area contributed by atoms with Crippen LogP contribution in [-0.4, -0.2) is 34.8 Å². The second kappa shape index (κ2) is 4.74. The summed E-state index contributed by atoms with van der Waals surface area (Å²) in [5.41, 5.74) is 6.64. The fourth-order valence-corrected chi connectivity index (χ4v) is 1.64. The first-order chi connectivity index (χ1) is 6.15. The molecule has 0 atom stereocenters. The van der Waals surface area contributed by atoms with Crippen molar-refractivity contribution in [3.8, 4) is 0 Å². The van der Waals surface area contributed by atoms with E-state index in [9.17, 15) is 0 Å². The first-order valence-electron chi connectivity index (χ1n) is 4.20. The van der Waals surface area contributed by atoms with E-state index in [2.05, 4.69) is 25.9 Å². The molecule has 1 rings (SSSR count). The molecule has 1 heterocycles. The van der Waals surface area contributed by atoms with Gasteiger partial charge in [-0.2, -0.15) is 5.10 Å². The van der Waals surface area contributed by atoms with Crippen molar-refractivity contribution in [2.75, 3.05) is 20.1 Å². The van der Waals surface area contributed by atoms with Crippen LogP contribution in [0.1, 0.15) is 5.69 Å². The Morgan fingerprint density at radius 2 is 2.38 bits per heavy atom. The highest BCUT2D eigenvalue weighted by atomic mass is 79.9. The summed E-state index contributed by atoms with van der Waals surface area (Å²) < 4.78 is 2.93. The van der Waals surface area contributed by atoms with Crippen LogP contribution in [0, 0.1) is 0 Å². The van der Waals surface area contributed by atoms with Crippen molar-refractivity contribution in [1.29, 1.82) is 0 Å². The molecule has 0 radical (unpaired) electrons. The van der Waals surface area contributed by atoms with Crippen LogP contribution in [0.2, 0.25) is 0 Å². The fraction of sp³-hybridized carbons (Fsp3) is 0.625. The number of rotatable bonds is 4. The molecule has 0 spiro atoms. The van der Waals surface area contributed by atoms with Gasteiger partial charge >= 0.3 is 0 Å². The summed E-state index contributed by atoms with van der Waals surface area (Å²) in [5.74, 6) is 0. The van der Waals surface area contributed by atoms with E-state index in [1.807, 2.05) is 25.0 Å². The molecule has 2 N–H and O–H groups in total. The molecule has 0 bridgehead atoms. The second-order valence-electron chi connectivity index (χ2n) is 3.09. The maximum Gasteiger partial charge on any atom is 0.0663 e. The van der Waals surface area contributed by atoms with E-state index in [1.54, 1.807) is 0 Å². The van der Waals surface area contributed by atoms with Crippen LogP contribution in [0.15, 0.2) is 10.7 Å². The summed E-state index contributed by atoms with van der Waals surface area (Å²) in [7, 11) is 3.99. The third kappa shape index (κ3) is 2.79. The van der Waals surface area contributed by atoms with Gasteiger partial charge in [-0.15, -0.1) is 0 Å². The molecule has 74 valence electrons. The Labute approximate surface area is 86.8 Å². The Morgan fingerprint density at radius 3 is 2.85 bits per heavy atom. The van der Waals surface area contributed by atoms with Crippen LogP contribution in [0.5, 0.6) is 0 Å². The lowest BCUT2D eigenvalue weighted by atomic mass is 10.4. The van der Waals surface area contributed by atoms with Crippen LogP contribution in [-0.2, 0) is 13.6 Å². The highest BCUT2D eigenvalue weighted by molar-refractivity contribution is 9.10. The summed E-state index contributed by atoms with van der Waals surface area (Å²) in [5, 5.41) is 4.14. The van der Waals surface area contributed by atoms with Gasteiger partial charge in [0.25, 0.3) is 0 Å². The third-order valence-electron chi connectivity index (χ3n) is 1.94. The smallest absolute Gasteiger partial charge is 0.0663 e. The summed E-state index contributed by atoms with van der Waals surface area (Å²) in [4.78, 5) is 2.17. The lowest BCUT2D eigenvalue weighted by Gasteiger charge is -2.15. The number of hydrogen-bond donors (Lipinski definition) is 1. The number of aryl methyl sites for hydroxylation is 1. The Kier molecular flexibility index (Phi) is 3.90. The van der Waals surface area contributed by atoms with Crippen LogP contribution < -0.4 is 5.73 Å². The normalized spacial score (nSPS) is 11.2. The van der Waals surface area contributed by atoms with Crippen molar-refractivity contribution in [3.63, 3.8) is 0 Å². The van der Waals surface area contributed by atoms with E-state index in [0.29, 0.717) is 6.54 Å². The summed E-state index contributed by atoms with van der Waals surface area (Å²) in [6.07, 6.45) is 1.81. The zero-order valence-electron chi connectivity index (χ0n) is 8.00. The maximum absolute atomic E-state index is 5.46. The Balaban J connectivity index is 2.62. The van der Waals surface area contributed by atoms with Gasteiger partial charge in [0.1, 0.15) is 0 Å². The molecule has 0 saturated heterocycles. The van der Waals surface area contributed by atoms with Crippen LogP contribution in [0.3, 0.4) is 0 Å². The predicted molar refractivity (Wildman–Crippen MR) is 56.3 cm³/mol. The first-order valence-corrected chi connectivity index (χ1v) is 4.99. The molecule has 0 aliphatic carbocycles. The molecule has 4 nitrogen and oxygen atoms in total. The van der Waals surface area contributed by atoms with E-state index in [4.69, 9.17) is 5.73 Å². The number of likely N-dealkylation sites (N-methyl/N-ethyl adjacent to an activating group) is 1. The zero-order chi connectivity index (χ0) is 9.84. The van der Waals surface area contributed by atoms with Crippen LogP contribution in [0.25, 0.3) is 0 Å². The Hall–Kier alpha value is -0.390. The van der Waals surface area contributed by atoms with Crippen LogP contribution in [0.4, 0.5) is 0 Å². The number of hydrogen-bond acceptors (Lipinski definition) is 3. The van der Waals surface area contributed by atoms with Gasteiger partial charge in [0.15, 0.2) is 0 Å². The van der Waals surface area contributed by atoms with Gasteiger partial charge in [0, 0.05) is 26.7 Å². The maximum atomic E-state index is 5.46. The monoisotopic (exact) mass is 246 g/mol. The molecule has 0 fully saturated rings. The number of nitrogens with zero attached hydrogens (tertiary/aromatic N) is 3. The molecular weight excluding hydrogens is 232 g/mol. The molecule has 0 amide bonds. The largest absolute Gasteiger partial charge is 0.329 e. The molecule has 0 saturated carbocycles. The van der Waals surface area contributed by atoms with Gasteiger partial charge in [0.2, 0.25) is 0 Å². The fourth-order valence-electron chi connectivity index (χ4n) is 1.17. The van der Waals surface area contributed by atoms with Crippen LogP contribution >= 0.6 is 15.9 Å². The van der Waals surface area contributed by atoms with Crippen molar-refractivity contribution in [1.82, 2.24) is 14.7 Å². The van der Waals surface area contributed by atoms with E-state index in [1.165, 1.54) is 5.69 Å². The predicted octanol–water partition coefficient (Wildman–Crippen LogP) is 0.573. The van der Waals surface area contributed by atoms with Gasteiger partial charge in [0.05, 0.1) is 16.4 Å². The average Bonchev–Trinajstić information content (AvgIpc) is 2.36. The molecular formula is C8H15BrN4. The van der Waals surface area contributed by atoms with Gasteiger partial charge in [-0.05, 0) is 23.0 Å². The Morgan fingerprint density at radius 1 is 1.69 bits per heavy atom. The topological polar surface area (TPSA) is 47.1 Å². The SMILES string of the molecule is CN(CCN)Cc1c(Br)cnn1C. The number of halogens is 1. The molecule has 0 aliphatic heterocycles. The Bertz CT molecular complexity index is 252. The molecule has 0 unspecified atom stereocenters. The minimum atomic E-state index is 0.686. The standard InChI is InChI=1S/C8H15BrN4/c1-12(4-3-10)6-8-7(9)5-11-13(8)2/h5H,3-4,6,10H2,1-2H3. The van der Waals surface area contributed by atoms with Crippen molar-refractivity contribution in [2.45, 2.75) is 6.54 Å². The second-order valence-corrected chi connectivity index (χ2v) is 3.94. The first kappa shape index (κ1) is 10.7. The minimum Gasteiger partial charge on any atom is -0.329 e. The van der Waals surface area contributed by atoms with Gasteiger partial charge in [-0.1, -0.05) is 0 Å². The minimum absolute atomic E-state index is 0.686.